The van der Waals surface area contributed by atoms with E-state index in [0.717, 1.165) is 6.92 Å². The van der Waals surface area contributed by atoms with Gasteiger partial charge in [-0.25, -0.2) is 4.79 Å². The molecule has 0 aromatic rings. The van der Waals surface area contributed by atoms with Crippen LogP contribution in [0.1, 0.15) is 20.3 Å². The Morgan fingerprint density at radius 2 is 2.04 bits per heavy atom. The summed E-state index contributed by atoms with van der Waals surface area (Å²) >= 11 is 0. The Morgan fingerprint density at radius 3 is 2.50 bits per heavy atom. The first-order valence-corrected chi connectivity index (χ1v) is 7.32. The van der Waals surface area contributed by atoms with Gasteiger partial charge in [-0.1, -0.05) is 0 Å². The molecule has 0 spiro atoms. The van der Waals surface area contributed by atoms with E-state index < -0.39 is 60.8 Å². The molecular formula is C13H24N2O9. The van der Waals surface area contributed by atoms with Crippen LogP contribution in [-0.4, -0.2) is 86.5 Å². The Morgan fingerprint density at radius 1 is 1.46 bits per heavy atom. The van der Waals surface area contributed by atoms with Gasteiger partial charge in [-0.15, -0.1) is 0 Å². The average Bonchev–Trinajstić information content (AvgIpc) is 2.49. The zero-order valence-corrected chi connectivity index (χ0v) is 13.4. The Kier molecular flexibility index (Phi) is 6.64. The molecule has 1 aliphatic heterocycles. The van der Waals surface area contributed by atoms with Crippen LogP contribution in [0.25, 0.3) is 0 Å². The molecule has 0 bridgehead atoms. The van der Waals surface area contributed by atoms with Gasteiger partial charge in [0.05, 0.1) is 19.3 Å². The van der Waals surface area contributed by atoms with Crippen molar-refractivity contribution < 1.29 is 44.6 Å². The predicted molar refractivity (Wildman–Crippen MR) is 76.9 cm³/mol. The van der Waals surface area contributed by atoms with Gasteiger partial charge in [0, 0.05) is 13.3 Å². The van der Waals surface area contributed by atoms with Crippen molar-refractivity contribution in [2.75, 3.05) is 13.2 Å². The molecule has 1 heterocycles. The molecule has 8 N–H and O–H groups in total. The van der Waals surface area contributed by atoms with Crippen LogP contribution in [-0.2, 0) is 19.1 Å². The quantitative estimate of drug-likeness (QED) is 0.182. The maximum absolute atomic E-state index is 11.9. The summed E-state index contributed by atoms with van der Waals surface area (Å²) in [6.45, 7) is 1.57. The molecule has 0 radical (unpaired) electrons. The molecule has 24 heavy (non-hydrogen) atoms. The maximum Gasteiger partial charge on any atom is 0.366 e. The SMILES string of the molecule is CCOC(=O)[C@]1(O)C[C@H](O)[C@](N)(NC(C)=O)[C@H]([C@H](O)[C@H](O)CO)O1. The average molecular weight is 352 g/mol. The molecule has 1 fully saturated rings. The number of aliphatic hydroxyl groups is 5. The third-order valence-electron chi connectivity index (χ3n) is 3.69. The molecule has 1 rings (SSSR count). The van der Waals surface area contributed by atoms with Gasteiger partial charge in [-0.3, -0.25) is 4.79 Å². The van der Waals surface area contributed by atoms with Gasteiger partial charge in [-0.2, -0.15) is 0 Å². The zero-order valence-electron chi connectivity index (χ0n) is 13.4. The number of aliphatic hydroxyl groups excluding tert-OH is 4. The van der Waals surface area contributed by atoms with Crippen LogP contribution in [0.4, 0.5) is 0 Å². The number of ether oxygens (including phenoxy) is 2. The van der Waals surface area contributed by atoms with Crippen LogP contribution in [0.15, 0.2) is 0 Å². The van der Waals surface area contributed by atoms with E-state index >= 15 is 0 Å². The minimum atomic E-state index is -2.66. The lowest BCUT2D eigenvalue weighted by molar-refractivity contribution is -0.312. The van der Waals surface area contributed by atoms with E-state index in [0.29, 0.717) is 0 Å². The second-order valence-electron chi connectivity index (χ2n) is 5.62. The largest absolute Gasteiger partial charge is 0.462 e. The maximum atomic E-state index is 11.9. The van der Waals surface area contributed by atoms with Crippen molar-refractivity contribution in [3.05, 3.63) is 0 Å². The summed E-state index contributed by atoms with van der Waals surface area (Å²) in [6, 6.07) is 0. The fraction of sp³-hybridized carbons (Fsp3) is 0.846. The normalized spacial score (nSPS) is 35.8. The van der Waals surface area contributed by atoms with Gasteiger partial charge in [0.2, 0.25) is 5.91 Å². The lowest BCUT2D eigenvalue weighted by Crippen LogP contribution is -2.79. The van der Waals surface area contributed by atoms with E-state index in [2.05, 4.69) is 10.1 Å². The molecule has 140 valence electrons. The first-order valence-electron chi connectivity index (χ1n) is 7.32. The van der Waals surface area contributed by atoms with Crippen molar-refractivity contribution >= 4 is 11.9 Å². The molecule has 0 aromatic carbocycles. The monoisotopic (exact) mass is 352 g/mol. The first-order chi connectivity index (χ1) is 11.0. The van der Waals surface area contributed by atoms with Crippen LogP contribution in [0.5, 0.6) is 0 Å². The molecule has 11 nitrogen and oxygen atoms in total. The summed E-state index contributed by atoms with van der Waals surface area (Å²) in [5.41, 5.74) is 3.77. The molecule has 0 aromatic heterocycles. The van der Waals surface area contributed by atoms with Crippen molar-refractivity contribution in [2.24, 2.45) is 5.73 Å². The highest BCUT2D eigenvalue weighted by atomic mass is 16.7. The van der Waals surface area contributed by atoms with E-state index in [1.54, 1.807) is 0 Å². The van der Waals surface area contributed by atoms with E-state index in [1.807, 2.05) is 0 Å². The van der Waals surface area contributed by atoms with Crippen molar-refractivity contribution in [3.8, 4) is 0 Å². The van der Waals surface area contributed by atoms with Crippen molar-refractivity contribution in [2.45, 2.75) is 56.1 Å². The highest BCUT2D eigenvalue weighted by molar-refractivity contribution is 5.78. The van der Waals surface area contributed by atoms with Crippen LogP contribution in [0.3, 0.4) is 0 Å². The number of hydrogen-bond donors (Lipinski definition) is 7. The summed E-state index contributed by atoms with van der Waals surface area (Å²) in [7, 11) is 0. The van der Waals surface area contributed by atoms with Crippen LogP contribution < -0.4 is 11.1 Å². The van der Waals surface area contributed by atoms with E-state index in [1.165, 1.54) is 6.92 Å². The van der Waals surface area contributed by atoms with Gasteiger partial charge >= 0.3 is 5.97 Å². The Bertz CT molecular complexity index is 476. The number of carbonyl (C=O) groups excluding carboxylic acids is 2. The highest BCUT2D eigenvalue weighted by Crippen LogP contribution is 2.35. The molecule has 1 aliphatic rings. The number of esters is 1. The van der Waals surface area contributed by atoms with Gasteiger partial charge in [0.1, 0.15) is 24.0 Å². The van der Waals surface area contributed by atoms with E-state index in [4.69, 9.17) is 15.6 Å². The smallest absolute Gasteiger partial charge is 0.366 e. The van der Waals surface area contributed by atoms with Gasteiger partial charge in [-0.05, 0) is 6.92 Å². The first kappa shape index (κ1) is 20.7. The van der Waals surface area contributed by atoms with Crippen molar-refractivity contribution in [3.63, 3.8) is 0 Å². The number of amides is 1. The minimum Gasteiger partial charge on any atom is -0.462 e. The molecule has 0 aliphatic carbocycles. The number of nitrogens with one attached hydrogen (secondary N) is 1. The second kappa shape index (κ2) is 7.70. The molecule has 1 saturated heterocycles. The summed E-state index contributed by atoms with van der Waals surface area (Å²) in [5.74, 6) is -4.58. The Hall–Kier alpha value is -1.34. The van der Waals surface area contributed by atoms with Gasteiger partial charge < -0.3 is 46.1 Å². The van der Waals surface area contributed by atoms with Crippen molar-refractivity contribution in [1.82, 2.24) is 5.32 Å². The molecule has 0 unspecified atom stereocenters. The zero-order chi connectivity index (χ0) is 18.7. The number of rotatable bonds is 6. The standard InChI is InChI=1S/C13H24N2O9/c1-3-23-11(21)12(22)4-8(19)13(14,15-6(2)17)10(24-12)9(20)7(18)5-16/h7-10,16,18-20,22H,3-5,14H2,1-2H3,(H,15,17)/t7-,8+,9-,10+,12+,13+/m1/s1. The Labute approximate surface area is 138 Å². The summed E-state index contributed by atoms with van der Waals surface area (Å²) < 4.78 is 9.77. The van der Waals surface area contributed by atoms with E-state index in [9.17, 15) is 30.0 Å². The van der Waals surface area contributed by atoms with E-state index in [-0.39, 0.29) is 6.61 Å². The van der Waals surface area contributed by atoms with Crippen LogP contribution in [0, 0.1) is 0 Å². The lowest BCUT2D eigenvalue weighted by Gasteiger charge is -2.50. The second-order valence-corrected chi connectivity index (χ2v) is 5.62. The molecule has 6 atom stereocenters. The fourth-order valence-corrected chi connectivity index (χ4v) is 2.47. The summed E-state index contributed by atoms with van der Waals surface area (Å²) in [4.78, 5) is 23.2. The number of nitrogens with two attached hydrogens (primary N) is 1. The predicted octanol–water partition coefficient (Wildman–Crippen LogP) is -4.11. The number of hydrogen-bond acceptors (Lipinski definition) is 10. The van der Waals surface area contributed by atoms with Crippen molar-refractivity contribution in [1.29, 1.82) is 0 Å². The topological polar surface area (TPSA) is 192 Å². The fourth-order valence-electron chi connectivity index (χ4n) is 2.47. The molecule has 1 amide bonds. The Balaban J connectivity index is 3.24. The van der Waals surface area contributed by atoms with Gasteiger partial charge in [0.25, 0.3) is 5.79 Å². The van der Waals surface area contributed by atoms with Crippen LogP contribution in [0.2, 0.25) is 0 Å². The third kappa shape index (κ3) is 4.00. The third-order valence-corrected chi connectivity index (χ3v) is 3.69. The van der Waals surface area contributed by atoms with Crippen LogP contribution >= 0.6 is 0 Å². The summed E-state index contributed by atoms with van der Waals surface area (Å²) in [6.07, 6.45) is -8.04. The minimum absolute atomic E-state index is 0.0907. The lowest BCUT2D eigenvalue weighted by atomic mass is 9.83. The molecule has 0 saturated carbocycles. The number of carbonyl (C=O) groups is 2. The molecular weight excluding hydrogens is 328 g/mol. The highest BCUT2D eigenvalue weighted by Gasteiger charge is 2.60. The molecule has 11 heteroatoms. The van der Waals surface area contributed by atoms with Gasteiger partial charge in [0.15, 0.2) is 0 Å². The summed E-state index contributed by atoms with van der Waals surface area (Å²) in [5, 5.41) is 51.4.